The number of amides is 2. The van der Waals surface area contributed by atoms with Crippen molar-refractivity contribution in [3.05, 3.63) is 80.4 Å². The molecule has 12 nitrogen and oxygen atoms in total. The standard InChI is InChI=1S/C24H26N6O6/c1-15-4-6-25-18(10-15)19-11-17(5-7-26-19)23(34)27-8-9-29(14-21(32)36-3)20(31)13-30-12-16(2)22(33)28-24(30)35/h4-7,10-12H,8-9,13-14H2,1-3H3,(H,27,34)(H,28,33,35). The highest BCUT2D eigenvalue weighted by Crippen LogP contribution is 2.16. The van der Waals surface area contributed by atoms with E-state index < -0.39 is 35.6 Å². The van der Waals surface area contributed by atoms with Crippen LogP contribution in [0.4, 0.5) is 0 Å². The van der Waals surface area contributed by atoms with Crippen molar-refractivity contribution in [3.8, 4) is 11.4 Å². The van der Waals surface area contributed by atoms with Gasteiger partial charge in [0.05, 0.1) is 18.5 Å². The predicted octanol–water partition coefficient (Wildman–Crippen LogP) is 0.0420. The maximum atomic E-state index is 12.8. The molecule has 0 saturated carbocycles. The lowest BCUT2D eigenvalue weighted by atomic mass is 10.1. The van der Waals surface area contributed by atoms with E-state index in [1.165, 1.54) is 26.4 Å². The van der Waals surface area contributed by atoms with Gasteiger partial charge in [-0.25, -0.2) is 4.79 Å². The van der Waals surface area contributed by atoms with E-state index in [9.17, 15) is 24.0 Å². The summed E-state index contributed by atoms with van der Waals surface area (Å²) in [6.07, 6.45) is 4.43. The number of pyridine rings is 2. The second kappa shape index (κ2) is 11.7. The molecule has 3 aromatic rings. The van der Waals surface area contributed by atoms with Gasteiger partial charge in [0.2, 0.25) is 5.91 Å². The highest BCUT2D eigenvalue weighted by molar-refractivity contribution is 5.95. The summed E-state index contributed by atoms with van der Waals surface area (Å²) in [7, 11) is 1.19. The molecule has 188 valence electrons. The van der Waals surface area contributed by atoms with Crippen LogP contribution in [0.3, 0.4) is 0 Å². The fourth-order valence-corrected chi connectivity index (χ4v) is 3.29. The summed E-state index contributed by atoms with van der Waals surface area (Å²) in [5, 5.41) is 2.71. The third-order valence-electron chi connectivity index (χ3n) is 5.26. The van der Waals surface area contributed by atoms with Crippen LogP contribution < -0.4 is 16.6 Å². The molecule has 2 N–H and O–H groups in total. The quantitative estimate of drug-likeness (QED) is 0.395. The first-order valence-corrected chi connectivity index (χ1v) is 11.0. The maximum absolute atomic E-state index is 12.8. The van der Waals surface area contributed by atoms with Crippen LogP contribution >= 0.6 is 0 Å². The molecule has 0 unspecified atom stereocenters. The van der Waals surface area contributed by atoms with E-state index in [2.05, 4.69) is 25.0 Å². The highest BCUT2D eigenvalue weighted by atomic mass is 16.5. The number of hydrogen-bond acceptors (Lipinski definition) is 8. The molecule has 3 heterocycles. The molecule has 0 aliphatic heterocycles. The first-order chi connectivity index (χ1) is 17.2. The molecule has 0 saturated heterocycles. The molecular weight excluding hydrogens is 468 g/mol. The molecular formula is C24H26N6O6. The van der Waals surface area contributed by atoms with E-state index in [0.29, 0.717) is 17.0 Å². The summed E-state index contributed by atoms with van der Waals surface area (Å²) in [6.45, 7) is 2.66. The van der Waals surface area contributed by atoms with Gasteiger partial charge in [0.1, 0.15) is 13.1 Å². The normalized spacial score (nSPS) is 10.5. The minimum Gasteiger partial charge on any atom is -0.468 e. The van der Waals surface area contributed by atoms with Crippen LogP contribution in [-0.2, 0) is 20.9 Å². The molecule has 0 atom stereocenters. The third kappa shape index (κ3) is 6.72. The molecule has 3 aromatic heterocycles. The second-order valence-electron chi connectivity index (χ2n) is 7.99. The molecule has 2 amide bonds. The number of aromatic nitrogens is 4. The van der Waals surface area contributed by atoms with Crippen LogP contribution in [0.15, 0.2) is 52.4 Å². The van der Waals surface area contributed by atoms with Crippen molar-refractivity contribution in [1.29, 1.82) is 0 Å². The topological polar surface area (TPSA) is 156 Å². The molecule has 0 aliphatic rings. The second-order valence-corrected chi connectivity index (χ2v) is 7.99. The van der Waals surface area contributed by atoms with Crippen LogP contribution in [0.2, 0.25) is 0 Å². The molecule has 0 fully saturated rings. The summed E-state index contributed by atoms with van der Waals surface area (Å²) in [6, 6.07) is 6.88. The average molecular weight is 495 g/mol. The number of H-pyrrole nitrogens is 1. The SMILES string of the molecule is COC(=O)CN(CCNC(=O)c1ccnc(-c2cc(C)ccn2)c1)C(=O)Cn1cc(C)c(=O)[nH]c1=O. The fraction of sp³-hybridized carbons (Fsp3) is 0.292. The van der Waals surface area contributed by atoms with Crippen molar-refractivity contribution in [2.45, 2.75) is 20.4 Å². The van der Waals surface area contributed by atoms with Gasteiger partial charge < -0.3 is 15.0 Å². The third-order valence-corrected chi connectivity index (χ3v) is 5.26. The van der Waals surface area contributed by atoms with Crippen molar-refractivity contribution >= 4 is 17.8 Å². The Kier molecular flexibility index (Phi) is 8.44. The fourth-order valence-electron chi connectivity index (χ4n) is 3.29. The van der Waals surface area contributed by atoms with E-state index >= 15 is 0 Å². The number of nitrogens with one attached hydrogen (secondary N) is 2. The smallest absolute Gasteiger partial charge is 0.328 e. The Bertz CT molecular complexity index is 1400. The lowest BCUT2D eigenvalue weighted by Crippen LogP contribution is -2.44. The van der Waals surface area contributed by atoms with Crippen molar-refractivity contribution in [1.82, 2.24) is 29.7 Å². The first-order valence-electron chi connectivity index (χ1n) is 11.0. The van der Waals surface area contributed by atoms with Crippen molar-refractivity contribution in [2.75, 3.05) is 26.7 Å². The molecule has 0 radical (unpaired) electrons. The number of aromatic amines is 1. The van der Waals surface area contributed by atoms with Gasteiger partial charge in [-0.3, -0.25) is 38.7 Å². The molecule has 36 heavy (non-hydrogen) atoms. The Morgan fingerprint density at radius 2 is 1.78 bits per heavy atom. The average Bonchev–Trinajstić information content (AvgIpc) is 2.86. The molecule has 0 spiro atoms. The van der Waals surface area contributed by atoms with E-state index in [4.69, 9.17) is 0 Å². The Morgan fingerprint density at radius 3 is 2.47 bits per heavy atom. The Balaban J connectivity index is 1.67. The minimum absolute atomic E-state index is 0.0197. The minimum atomic E-state index is -0.748. The van der Waals surface area contributed by atoms with E-state index in [0.717, 1.165) is 15.0 Å². The zero-order valence-electron chi connectivity index (χ0n) is 20.1. The van der Waals surface area contributed by atoms with Gasteiger partial charge in [-0.1, -0.05) is 0 Å². The van der Waals surface area contributed by atoms with E-state index in [-0.39, 0.29) is 25.2 Å². The lowest BCUT2D eigenvalue weighted by molar-refractivity contribution is -0.147. The van der Waals surface area contributed by atoms with Crippen LogP contribution in [0.1, 0.15) is 21.5 Å². The summed E-state index contributed by atoms with van der Waals surface area (Å²) in [5.41, 5.74) is 1.49. The van der Waals surface area contributed by atoms with Gasteiger partial charge in [0.15, 0.2) is 0 Å². The number of rotatable bonds is 9. The van der Waals surface area contributed by atoms with Gasteiger partial charge in [-0.2, -0.15) is 0 Å². The number of hydrogen-bond donors (Lipinski definition) is 2. The predicted molar refractivity (Wildman–Crippen MR) is 129 cm³/mol. The Morgan fingerprint density at radius 1 is 1.08 bits per heavy atom. The zero-order chi connectivity index (χ0) is 26.2. The first kappa shape index (κ1) is 26.0. The number of methoxy groups -OCH3 is 1. The van der Waals surface area contributed by atoms with Crippen molar-refractivity contribution in [2.24, 2.45) is 0 Å². The van der Waals surface area contributed by atoms with Crippen molar-refractivity contribution < 1.29 is 19.1 Å². The monoisotopic (exact) mass is 494 g/mol. The zero-order valence-corrected chi connectivity index (χ0v) is 20.1. The number of carbonyl (C=O) groups is 3. The molecule has 3 rings (SSSR count). The summed E-state index contributed by atoms with van der Waals surface area (Å²) in [4.78, 5) is 72.8. The maximum Gasteiger partial charge on any atom is 0.328 e. The van der Waals surface area contributed by atoms with Crippen LogP contribution in [-0.4, -0.2) is 68.9 Å². The number of carbonyl (C=O) groups excluding carboxylic acids is 3. The highest BCUT2D eigenvalue weighted by Gasteiger charge is 2.19. The number of esters is 1. The van der Waals surface area contributed by atoms with Crippen molar-refractivity contribution in [3.63, 3.8) is 0 Å². The number of aryl methyl sites for hydroxylation is 2. The van der Waals surface area contributed by atoms with Gasteiger partial charge in [-0.15, -0.1) is 0 Å². The van der Waals surface area contributed by atoms with Crippen LogP contribution in [0.5, 0.6) is 0 Å². The van der Waals surface area contributed by atoms with Gasteiger partial charge in [0.25, 0.3) is 11.5 Å². The molecule has 0 aromatic carbocycles. The number of ether oxygens (including phenoxy) is 1. The van der Waals surface area contributed by atoms with E-state index in [1.807, 2.05) is 19.1 Å². The molecule has 0 bridgehead atoms. The molecule has 12 heteroatoms. The number of nitrogens with zero attached hydrogens (tertiary/aromatic N) is 4. The van der Waals surface area contributed by atoms with Crippen LogP contribution in [0, 0.1) is 13.8 Å². The van der Waals surface area contributed by atoms with Gasteiger partial charge in [-0.05, 0) is 43.7 Å². The van der Waals surface area contributed by atoms with Gasteiger partial charge >= 0.3 is 11.7 Å². The molecule has 0 aliphatic carbocycles. The Hall–Kier alpha value is -4.61. The van der Waals surface area contributed by atoms with Gasteiger partial charge in [0, 0.05) is 42.8 Å². The summed E-state index contributed by atoms with van der Waals surface area (Å²) < 4.78 is 5.69. The van der Waals surface area contributed by atoms with Crippen LogP contribution in [0.25, 0.3) is 11.4 Å². The van der Waals surface area contributed by atoms with E-state index in [1.54, 1.807) is 18.3 Å². The lowest BCUT2D eigenvalue weighted by Gasteiger charge is -2.22. The summed E-state index contributed by atoms with van der Waals surface area (Å²) in [5.74, 6) is -1.63. The summed E-state index contributed by atoms with van der Waals surface area (Å²) >= 11 is 0. The Labute approximate surface area is 206 Å². The largest absolute Gasteiger partial charge is 0.468 e.